The molecule has 7 heteroatoms. The Morgan fingerprint density at radius 1 is 1.48 bits per heavy atom. The van der Waals surface area contributed by atoms with Crippen LogP contribution in [-0.2, 0) is 6.42 Å². The minimum Gasteiger partial charge on any atom is -0.397 e. The molecule has 1 amide bonds. The maximum absolute atomic E-state index is 11.6. The molecule has 1 aliphatic heterocycles. The molecule has 0 spiro atoms. The van der Waals surface area contributed by atoms with Gasteiger partial charge in [0.15, 0.2) is 0 Å². The Morgan fingerprint density at radius 2 is 2.22 bits per heavy atom. The van der Waals surface area contributed by atoms with Gasteiger partial charge in [0, 0.05) is 11.4 Å². The molecule has 2 aromatic rings. The van der Waals surface area contributed by atoms with Gasteiger partial charge in [0.2, 0.25) is 0 Å². The molecule has 0 aliphatic carbocycles. The zero-order chi connectivity index (χ0) is 16.4. The van der Waals surface area contributed by atoms with Gasteiger partial charge in [-0.05, 0) is 44.0 Å². The van der Waals surface area contributed by atoms with Crippen molar-refractivity contribution < 1.29 is 4.79 Å². The number of nitrogen functional groups attached to an aromatic ring is 1. The van der Waals surface area contributed by atoms with Gasteiger partial charge < -0.3 is 22.1 Å². The van der Waals surface area contributed by atoms with E-state index in [2.05, 4.69) is 28.6 Å². The zero-order valence-electron chi connectivity index (χ0n) is 13.3. The summed E-state index contributed by atoms with van der Waals surface area (Å²) in [5.74, 6) is 0.380. The number of fused-ring (bicyclic) bond motifs is 1. The van der Waals surface area contributed by atoms with Crippen LogP contribution in [0.2, 0.25) is 0 Å². The second kappa shape index (κ2) is 6.72. The molecule has 6 nitrogen and oxygen atoms in total. The highest BCUT2D eigenvalue weighted by molar-refractivity contribution is 7.21. The molecule has 6 N–H and O–H groups in total. The van der Waals surface area contributed by atoms with Crippen LogP contribution < -0.4 is 22.1 Å². The van der Waals surface area contributed by atoms with Gasteiger partial charge in [-0.25, -0.2) is 4.98 Å². The van der Waals surface area contributed by atoms with Crippen molar-refractivity contribution in [1.82, 2.24) is 10.3 Å². The zero-order valence-corrected chi connectivity index (χ0v) is 14.1. The van der Waals surface area contributed by atoms with E-state index in [1.165, 1.54) is 11.3 Å². The number of rotatable bonds is 5. The van der Waals surface area contributed by atoms with Gasteiger partial charge in [0.25, 0.3) is 5.91 Å². The number of aryl methyl sites for hydroxylation is 1. The fraction of sp³-hybridized carbons (Fsp3) is 0.500. The third-order valence-corrected chi connectivity index (χ3v) is 5.33. The van der Waals surface area contributed by atoms with Crippen molar-refractivity contribution in [3.63, 3.8) is 0 Å². The van der Waals surface area contributed by atoms with Gasteiger partial charge in [-0.2, -0.15) is 0 Å². The number of carbonyl (C=O) groups is 1. The van der Waals surface area contributed by atoms with E-state index in [9.17, 15) is 4.79 Å². The SMILES string of the molecule is CCCc1cc(NC2CCNCC2)nc2sc(C(N)=O)c(N)c12. The molecule has 0 unspecified atom stereocenters. The van der Waals surface area contributed by atoms with Crippen LogP contribution in [-0.4, -0.2) is 30.0 Å². The number of pyridine rings is 1. The molecular weight excluding hydrogens is 310 g/mol. The van der Waals surface area contributed by atoms with Crippen LogP contribution in [0.1, 0.15) is 41.4 Å². The molecule has 0 radical (unpaired) electrons. The van der Waals surface area contributed by atoms with Crippen molar-refractivity contribution in [3.8, 4) is 0 Å². The van der Waals surface area contributed by atoms with E-state index < -0.39 is 5.91 Å². The fourth-order valence-electron chi connectivity index (χ4n) is 3.10. The smallest absolute Gasteiger partial charge is 0.260 e. The first-order valence-corrected chi connectivity index (χ1v) is 8.90. The molecular formula is C16H23N5OS. The van der Waals surface area contributed by atoms with Gasteiger partial charge >= 0.3 is 0 Å². The Labute approximate surface area is 139 Å². The number of nitrogens with one attached hydrogen (secondary N) is 2. The molecule has 0 saturated carbocycles. The number of nitrogens with zero attached hydrogens (tertiary/aromatic N) is 1. The second-order valence-electron chi connectivity index (χ2n) is 5.97. The summed E-state index contributed by atoms with van der Waals surface area (Å²) in [6, 6.07) is 2.51. The van der Waals surface area contributed by atoms with Crippen molar-refractivity contribution in [2.24, 2.45) is 5.73 Å². The van der Waals surface area contributed by atoms with Gasteiger partial charge in [-0.1, -0.05) is 13.3 Å². The van der Waals surface area contributed by atoms with Crippen molar-refractivity contribution in [3.05, 3.63) is 16.5 Å². The number of piperidine rings is 1. The number of aromatic nitrogens is 1. The summed E-state index contributed by atoms with van der Waals surface area (Å²) in [4.78, 5) is 17.4. The second-order valence-corrected chi connectivity index (χ2v) is 6.97. The van der Waals surface area contributed by atoms with Crippen LogP contribution in [0.15, 0.2) is 6.07 Å². The fourth-order valence-corrected chi connectivity index (χ4v) is 4.09. The number of nitrogens with two attached hydrogens (primary N) is 2. The molecule has 0 aromatic carbocycles. The maximum Gasteiger partial charge on any atom is 0.260 e. The number of thiophene rings is 1. The van der Waals surface area contributed by atoms with Gasteiger partial charge in [-0.3, -0.25) is 4.79 Å². The lowest BCUT2D eigenvalue weighted by molar-refractivity contribution is 0.100. The number of amides is 1. The highest BCUT2D eigenvalue weighted by Crippen LogP contribution is 2.36. The first-order chi connectivity index (χ1) is 11.1. The van der Waals surface area contributed by atoms with Crippen LogP contribution >= 0.6 is 11.3 Å². The van der Waals surface area contributed by atoms with Crippen LogP contribution in [0.4, 0.5) is 11.5 Å². The van der Waals surface area contributed by atoms with Gasteiger partial charge in [0.1, 0.15) is 15.5 Å². The van der Waals surface area contributed by atoms with Gasteiger partial charge in [-0.15, -0.1) is 11.3 Å². The molecule has 1 fully saturated rings. The molecule has 1 aliphatic rings. The van der Waals surface area contributed by atoms with E-state index in [0.717, 1.165) is 60.4 Å². The highest BCUT2D eigenvalue weighted by Gasteiger charge is 2.20. The average Bonchev–Trinajstić information content (AvgIpc) is 2.86. The van der Waals surface area contributed by atoms with E-state index in [0.29, 0.717) is 16.6 Å². The number of hydrogen-bond donors (Lipinski definition) is 4. The first kappa shape index (κ1) is 16.0. The molecule has 0 atom stereocenters. The predicted molar refractivity (Wildman–Crippen MR) is 96.1 cm³/mol. The standard InChI is InChI=1S/C16H23N5OS/c1-2-3-9-8-11(20-10-4-6-19-7-5-10)21-16-12(9)13(17)14(23-16)15(18)22/h8,10,19H,2-7,17H2,1H3,(H2,18,22)(H,20,21). The van der Waals surface area contributed by atoms with Crippen LogP contribution in [0, 0.1) is 0 Å². The lowest BCUT2D eigenvalue weighted by atomic mass is 10.0. The third-order valence-electron chi connectivity index (χ3n) is 4.21. The van der Waals surface area contributed by atoms with E-state index in [1.807, 2.05) is 0 Å². The Balaban J connectivity index is 2.01. The minimum atomic E-state index is -0.485. The summed E-state index contributed by atoms with van der Waals surface area (Å²) < 4.78 is 0. The van der Waals surface area contributed by atoms with Crippen molar-refractivity contribution in [2.45, 2.75) is 38.6 Å². The summed E-state index contributed by atoms with van der Waals surface area (Å²) in [5, 5.41) is 7.78. The lowest BCUT2D eigenvalue weighted by Gasteiger charge is -2.24. The number of hydrogen-bond acceptors (Lipinski definition) is 6. The largest absolute Gasteiger partial charge is 0.397 e. The van der Waals surface area contributed by atoms with Crippen molar-refractivity contribution >= 4 is 39.0 Å². The van der Waals surface area contributed by atoms with Crippen LogP contribution in [0.25, 0.3) is 10.2 Å². The minimum absolute atomic E-state index is 0.406. The van der Waals surface area contributed by atoms with E-state index >= 15 is 0 Å². The Bertz CT molecular complexity index is 721. The van der Waals surface area contributed by atoms with Gasteiger partial charge in [0.05, 0.1) is 5.69 Å². The number of primary amides is 1. The molecule has 2 aromatic heterocycles. The lowest BCUT2D eigenvalue weighted by Crippen LogP contribution is -2.35. The number of anilines is 2. The van der Waals surface area contributed by atoms with E-state index in [4.69, 9.17) is 11.5 Å². The molecule has 0 bridgehead atoms. The normalized spacial score (nSPS) is 15.9. The average molecular weight is 333 g/mol. The summed E-state index contributed by atoms with van der Waals surface area (Å²) in [7, 11) is 0. The van der Waals surface area contributed by atoms with Crippen molar-refractivity contribution in [1.29, 1.82) is 0 Å². The van der Waals surface area contributed by atoms with E-state index in [-0.39, 0.29) is 0 Å². The first-order valence-electron chi connectivity index (χ1n) is 8.09. The molecule has 3 heterocycles. The summed E-state index contributed by atoms with van der Waals surface area (Å²) >= 11 is 1.29. The Hall–Kier alpha value is -1.86. The summed E-state index contributed by atoms with van der Waals surface area (Å²) in [5.41, 5.74) is 13.2. The monoisotopic (exact) mass is 333 g/mol. The summed E-state index contributed by atoms with van der Waals surface area (Å²) in [6.45, 7) is 4.18. The number of carbonyl (C=O) groups excluding carboxylic acids is 1. The third kappa shape index (κ3) is 3.25. The quantitative estimate of drug-likeness (QED) is 0.670. The highest BCUT2D eigenvalue weighted by atomic mass is 32.1. The van der Waals surface area contributed by atoms with Crippen LogP contribution in [0.5, 0.6) is 0 Å². The van der Waals surface area contributed by atoms with Crippen molar-refractivity contribution in [2.75, 3.05) is 24.1 Å². The Kier molecular flexibility index (Phi) is 4.68. The molecule has 3 rings (SSSR count). The van der Waals surface area contributed by atoms with E-state index in [1.54, 1.807) is 0 Å². The Morgan fingerprint density at radius 3 is 2.87 bits per heavy atom. The molecule has 23 heavy (non-hydrogen) atoms. The topological polar surface area (TPSA) is 106 Å². The summed E-state index contributed by atoms with van der Waals surface area (Å²) in [6.07, 6.45) is 4.08. The molecule has 124 valence electrons. The maximum atomic E-state index is 11.6. The van der Waals surface area contributed by atoms with Crippen LogP contribution in [0.3, 0.4) is 0 Å². The predicted octanol–water partition coefficient (Wildman–Crippen LogP) is 2.09. The molecule has 1 saturated heterocycles.